The molecule has 3 heterocycles. The Morgan fingerprint density at radius 2 is 1.87 bits per heavy atom. The summed E-state index contributed by atoms with van der Waals surface area (Å²) in [7, 11) is 0. The van der Waals surface area contributed by atoms with Crippen LogP contribution in [-0.2, 0) is 9.59 Å². The van der Waals surface area contributed by atoms with Gasteiger partial charge in [0.1, 0.15) is 17.5 Å². The third-order valence-corrected chi connectivity index (χ3v) is 8.52. The van der Waals surface area contributed by atoms with Gasteiger partial charge in [-0.15, -0.1) is 11.8 Å². The summed E-state index contributed by atoms with van der Waals surface area (Å²) in [6.45, 7) is 9.60. The minimum Gasteiger partial charge on any atom is -0.342 e. The first-order chi connectivity index (χ1) is 14.8. The van der Waals surface area contributed by atoms with E-state index in [0.29, 0.717) is 5.56 Å². The Hall–Kier alpha value is -2.02. The lowest BCUT2D eigenvalue weighted by molar-refractivity contribution is -0.139. The molecule has 0 aromatic heterocycles. The molecule has 3 aliphatic heterocycles. The summed E-state index contributed by atoms with van der Waals surface area (Å²) in [5.41, 5.74) is 1.65. The van der Waals surface area contributed by atoms with E-state index in [4.69, 9.17) is 0 Å². The lowest BCUT2D eigenvalue weighted by atomic mass is 9.94. The third kappa shape index (κ3) is 3.86. The molecule has 7 heteroatoms. The molecule has 0 saturated carbocycles. The molecule has 1 N–H and O–H groups in total. The van der Waals surface area contributed by atoms with E-state index in [1.165, 1.54) is 0 Å². The molecule has 0 spiro atoms. The van der Waals surface area contributed by atoms with Gasteiger partial charge in [-0.25, -0.2) is 0 Å². The Morgan fingerprint density at radius 3 is 2.55 bits per heavy atom. The molecular weight excluding hydrogens is 410 g/mol. The van der Waals surface area contributed by atoms with E-state index in [1.54, 1.807) is 16.7 Å². The number of piperidine rings is 1. The second kappa shape index (κ2) is 8.49. The number of likely N-dealkylation sites (tertiary alicyclic amines) is 1. The van der Waals surface area contributed by atoms with Gasteiger partial charge in [0.05, 0.1) is 0 Å². The van der Waals surface area contributed by atoms with E-state index in [-0.39, 0.29) is 29.0 Å². The van der Waals surface area contributed by atoms with Crippen LogP contribution >= 0.6 is 11.8 Å². The van der Waals surface area contributed by atoms with E-state index >= 15 is 0 Å². The Bertz CT molecular complexity index is 881. The summed E-state index contributed by atoms with van der Waals surface area (Å²) in [4.78, 5) is 43.8. The van der Waals surface area contributed by atoms with Crippen LogP contribution in [0.1, 0.15) is 74.7 Å². The van der Waals surface area contributed by atoms with E-state index in [9.17, 15) is 14.4 Å². The molecular formula is C24H33N3O3S. The first-order valence-corrected chi connectivity index (χ1v) is 12.3. The number of nitrogens with one attached hydrogen (secondary N) is 1. The summed E-state index contributed by atoms with van der Waals surface area (Å²) in [5, 5.41) is 2.93. The zero-order valence-electron chi connectivity index (χ0n) is 18.9. The van der Waals surface area contributed by atoms with Gasteiger partial charge < -0.3 is 15.1 Å². The van der Waals surface area contributed by atoms with Gasteiger partial charge in [-0.3, -0.25) is 14.4 Å². The van der Waals surface area contributed by atoms with Crippen LogP contribution in [0.3, 0.4) is 0 Å². The molecule has 4 atom stereocenters. The van der Waals surface area contributed by atoms with E-state index in [2.05, 4.69) is 5.32 Å². The Morgan fingerprint density at radius 1 is 1.19 bits per heavy atom. The highest BCUT2D eigenvalue weighted by Gasteiger charge is 2.57. The van der Waals surface area contributed by atoms with Crippen LogP contribution < -0.4 is 5.32 Å². The van der Waals surface area contributed by atoms with Crippen molar-refractivity contribution in [2.24, 2.45) is 5.92 Å². The second-order valence-corrected chi connectivity index (χ2v) is 11.3. The fraction of sp³-hybridized carbons (Fsp3) is 0.625. The normalized spacial score (nSPS) is 26.3. The predicted molar refractivity (Wildman–Crippen MR) is 123 cm³/mol. The molecule has 4 rings (SSSR count). The number of amides is 3. The SMILES string of the molecule is CC[C@@H](C)[C@H](NC(=O)[C@H]1N2C(=O)c3ccccc3[C@H]2SC1(C)C)C(=O)N1CCCCC1. The molecule has 0 radical (unpaired) electrons. The van der Waals surface area contributed by atoms with Gasteiger partial charge in [0.15, 0.2) is 0 Å². The number of benzene rings is 1. The average Bonchev–Trinajstić information content (AvgIpc) is 3.20. The molecule has 2 fully saturated rings. The largest absolute Gasteiger partial charge is 0.342 e. The van der Waals surface area contributed by atoms with Crippen LogP contribution in [0, 0.1) is 5.92 Å². The van der Waals surface area contributed by atoms with Crippen LogP contribution in [0.15, 0.2) is 24.3 Å². The average molecular weight is 444 g/mol. The molecule has 3 aliphatic rings. The summed E-state index contributed by atoms with van der Waals surface area (Å²) >= 11 is 1.65. The molecule has 1 aromatic carbocycles. The van der Waals surface area contributed by atoms with Gasteiger partial charge in [-0.1, -0.05) is 38.5 Å². The van der Waals surface area contributed by atoms with Crippen molar-refractivity contribution in [1.29, 1.82) is 0 Å². The highest BCUT2D eigenvalue weighted by molar-refractivity contribution is 8.01. The molecule has 168 valence electrons. The van der Waals surface area contributed by atoms with Crippen LogP contribution in [0.2, 0.25) is 0 Å². The van der Waals surface area contributed by atoms with Gasteiger partial charge in [-0.05, 0) is 50.7 Å². The summed E-state index contributed by atoms with van der Waals surface area (Å²) in [6.07, 6.45) is 3.98. The number of nitrogens with zero attached hydrogens (tertiary/aromatic N) is 2. The highest BCUT2D eigenvalue weighted by atomic mass is 32.2. The molecule has 0 bridgehead atoms. The quantitative estimate of drug-likeness (QED) is 0.755. The molecule has 0 unspecified atom stereocenters. The standard InChI is InChI=1S/C24H33N3O3S/c1-5-15(2)18(22(30)26-13-9-6-10-14-26)25-20(28)19-24(3,4)31-23-17-12-8-7-11-16(17)21(29)27(19)23/h7-8,11-12,15,18-19,23H,5-6,9-10,13-14H2,1-4H3,(H,25,28)/t15-,18+,19-,23-/m1/s1. The number of carbonyl (C=O) groups is 3. The number of fused-ring (bicyclic) bond motifs is 3. The van der Waals surface area contributed by atoms with Gasteiger partial charge in [-0.2, -0.15) is 0 Å². The van der Waals surface area contributed by atoms with Gasteiger partial charge in [0, 0.05) is 23.4 Å². The van der Waals surface area contributed by atoms with E-state index in [1.807, 2.05) is 56.9 Å². The smallest absolute Gasteiger partial charge is 0.256 e. The number of hydrogen-bond acceptors (Lipinski definition) is 4. The molecule has 1 aromatic rings. The van der Waals surface area contributed by atoms with Crippen molar-refractivity contribution in [3.05, 3.63) is 35.4 Å². The van der Waals surface area contributed by atoms with Crippen LogP contribution in [0.4, 0.5) is 0 Å². The maximum Gasteiger partial charge on any atom is 0.256 e. The van der Waals surface area contributed by atoms with Crippen molar-refractivity contribution in [2.75, 3.05) is 13.1 Å². The fourth-order valence-corrected chi connectivity index (χ4v) is 6.62. The first kappa shape index (κ1) is 22.2. The van der Waals surface area contributed by atoms with Gasteiger partial charge in [0.25, 0.3) is 5.91 Å². The van der Waals surface area contributed by atoms with Crippen molar-refractivity contribution in [3.63, 3.8) is 0 Å². The van der Waals surface area contributed by atoms with Crippen molar-refractivity contribution in [2.45, 2.75) is 75.6 Å². The van der Waals surface area contributed by atoms with E-state index < -0.39 is 16.8 Å². The fourth-order valence-electron chi connectivity index (χ4n) is 5.03. The third-order valence-electron chi connectivity index (χ3n) is 6.99. The maximum absolute atomic E-state index is 13.6. The topological polar surface area (TPSA) is 69.7 Å². The summed E-state index contributed by atoms with van der Waals surface area (Å²) in [6, 6.07) is 6.43. The number of hydrogen-bond donors (Lipinski definition) is 1. The molecule has 6 nitrogen and oxygen atoms in total. The number of carbonyl (C=O) groups excluding carboxylic acids is 3. The zero-order chi connectivity index (χ0) is 22.3. The summed E-state index contributed by atoms with van der Waals surface area (Å²) in [5.74, 6) is -0.283. The number of thioether (sulfide) groups is 1. The van der Waals surface area contributed by atoms with Gasteiger partial charge >= 0.3 is 0 Å². The van der Waals surface area contributed by atoms with Crippen molar-refractivity contribution >= 4 is 29.5 Å². The first-order valence-electron chi connectivity index (χ1n) is 11.4. The van der Waals surface area contributed by atoms with Gasteiger partial charge in [0.2, 0.25) is 11.8 Å². The minimum absolute atomic E-state index is 0.0124. The predicted octanol–water partition coefficient (Wildman–Crippen LogP) is 3.58. The number of rotatable bonds is 5. The van der Waals surface area contributed by atoms with E-state index in [0.717, 1.165) is 44.3 Å². The summed E-state index contributed by atoms with van der Waals surface area (Å²) < 4.78 is -0.452. The van der Waals surface area contributed by atoms with Crippen molar-refractivity contribution in [3.8, 4) is 0 Å². The van der Waals surface area contributed by atoms with Crippen molar-refractivity contribution in [1.82, 2.24) is 15.1 Å². The van der Waals surface area contributed by atoms with Crippen LogP contribution in [0.5, 0.6) is 0 Å². The molecule has 3 amide bonds. The lowest BCUT2D eigenvalue weighted by Gasteiger charge is -2.35. The Balaban J connectivity index is 1.58. The molecule has 31 heavy (non-hydrogen) atoms. The highest BCUT2D eigenvalue weighted by Crippen LogP contribution is 2.56. The van der Waals surface area contributed by atoms with Crippen molar-refractivity contribution < 1.29 is 14.4 Å². The zero-order valence-corrected chi connectivity index (χ0v) is 19.7. The Labute approximate surface area is 189 Å². The molecule has 0 aliphatic carbocycles. The second-order valence-electron chi connectivity index (χ2n) is 9.53. The minimum atomic E-state index is -0.622. The van der Waals surface area contributed by atoms with Crippen LogP contribution in [0.25, 0.3) is 0 Å². The maximum atomic E-state index is 13.6. The van der Waals surface area contributed by atoms with Crippen LogP contribution in [-0.4, -0.2) is 57.4 Å². The molecule has 2 saturated heterocycles. The monoisotopic (exact) mass is 443 g/mol. The lowest BCUT2D eigenvalue weighted by Crippen LogP contribution is -2.59. The Kier molecular flexibility index (Phi) is 6.08.